The maximum atomic E-state index is 12.9. The molecule has 0 radical (unpaired) electrons. The third kappa shape index (κ3) is 5.78. The van der Waals surface area contributed by atoms with Crippen molar-refractivity contribution >= 4 is 18.3 Å². The van der Waals surface area contributed by atoms with Gasteiger partial charge in [-0.2, -0.15) is 13.2 Å². The molecule has 1 saturated carbocycles. The van der Waals surface area contributed by atoms with Crippen LogP contribution in [0.2, 0.25) is 0 Å². The van der Waals surface area contributed by atoms with Gasteiger partial charge in [0.05, 0.1) is 11.6 Å². The van der Waals surface area contributed by atoms with E-state index in [2.05, 4.69) is 5.32 Å². The van der Waals surface area contributed by atoms with Crippen LogP contribution in [0.5, 0.6) is 5.75 Å². The van der Waals surface area contributed by atoms with Crippen LogP contribution in [0.1, 0.15) is 31.7 Å². The lowest BCUT2D eigenvalue weighted by atomic mass is 9.95. The molecule has 1 unspecified atom stereocenters. The number of alkyl halides is 3. The number of nitrogens with one attached hydrogen (secondary N) is 1. The molecule has 0 heterocycles. The molecule has 1 aromatic carbocycles. The fourth-order valence-corrected chi connectivity index (χ4v) is 3.10. The van der Waals surface area contributed by atoms with Crippen molar-refractivity contribution in [3.05, 3.63) is 29.8 Å². The number of ether oxygens (including phenoxy) is 1. The molecule has 1 aromatic rings. The highest BCUT2D eigenvalue weighted by molar-refractivity contribution is 5.85. The van der Waals surface area contributed by atoms with E-state index in [-0.39, 0.29) is 42.5 Å². The third-order valence-electron chi connectivity index (χ3n) is 4.37. The van der Waals surface area contributed by atoms with E-state index >= 15 is 0 Å². The van der Waals surface area contributed by atoms with Crippen molar-refractivity contribution in [2.75, 3.05) is 13.2 Å². The van der Waals surface area contributed by atoms with Crippen molar-refractivity contribution in [3.63, 3.8) is 0 Å². The van der Waals surface area contributed by atoms with Crippen LogP contribution in [0, 0.1) is 11.8 Å². The lowest BCUT2D eigenvalue weighted by Gasteiger charge is -2.22. The zero-order chi connectivity index (χ0) is 17.7. The van der Waals surface area contributed by atoms with Crippen molar-refractivity contribution in [2.24, 2.45) is 17.6 Å². The Labute approximate surface area is 151 Å². The summed E-state index contributed by atoms with van der Waals surface area (Å²) >= 11 is 0. The molecule has 1 amide bonds. The molecule has 8 heteroatoms. The minimum absolute atomic E-state index is 0. The lowest BCUT2D eigenvalue weighted by molar-refractivity contribution is -0.139. The predicted molar refractivity (Wildman–Crippen MR) is 91.7 cm³/mol. The Kier molecular flexibility index (Phi) is 8.02. The number of nitrogens with two attached hydrogens (primary N) is 1. The van der Waals surface area contributed by atoms with Crippen molar-refractivity contribution in [3.8, 4) is 5.75 Å². The smallest absolute Gasteiger partial charge is 0.419 e. The molecule has 25 heavy (non-hydrogen) atoms. The number of benzene rings is 1. The predicted octanol–water partition coefficient (Wildman–Crippen LogP) is 3.39. The summed E-state index contributed by atoms with van der Waals surface area (Å²) in [7, 11) is 0. The molecule has 4 nitrogen and oxygen atoms in total. The van der Waals surface area contributed by atoms with Gasteiger partial charge in [-0.05, 0) is 44.4 Å². The number of carbonyl (C=O) groups excluding carboxylic acids is 1. The summed E-state index contributed by atoms with van der Waals surface area (Å²) < 4.78 is 44.0. The van der Waals surface area contributed by atoms with Crippen LogP contribution in [0.4, 0.5) is 13.2 Å². The Balaban J connectivity index is 0.00000312. The largest absolute Gasteiger partial charge is 0.491 e. The first kappa shape index (κ1) is 21.6. The van der Waals surface area contributed by atoms with Crippen LogP contribution in [-0.4, -0.2) is 25.1 Å². The highest BCUT2D eigenvalue weighted by atomic mass is 35.5. The number of rotatable bonds is 6. The van der Waals surface area contributed by atoms with Gasteiger partial charge in [0.15, 0.2) is 0 Å². The quantitative estimate of drug-likeness (QED) is 0.795. The zero-order valence-electron chi connectivity index (χ0n) is 14.0. The summed E-state index contributed by atoms with van der Waals surface area (Å²) in [5, 5.41) is 2.81. The van der Waals surface area contributed by atoms with Gasteiger partial charge in [-0.3, -0.25) is 4.79 Å². The van der Waals surface area contributed by atoms with Gasteiger partial charge in [-0.1, -0.05) is 18.6 Å². The van der Waals surface area contributed by atoms with Crippen molar-refractivity contribution < 1.29 is 22.7 Å². The van der Waals surface area contributed by atoms with Gasteiger partial charge < -0.3 is 15.8 Å². The molecule has 1 aliphatic rings. The van der Waals surface area contributed by atoms with Crippen molar-refractivity contribution in [1.82, 2.24) is 5.32 Å². The second-order valence-electron chi connectivity index (χ2n) is 6.25. The normalized spacial score (nSPS) is 21.3. The van der Waals surface area contributed by atoms with E-state index in [1.807, 2.05) is 0 Å². The van der Waals surface area contributed by atoms with Crippen LogP contribution >= 0.6 is 12.4 Å². The van der Waals surface area contributed by atoms with Gasteiger partial charge in [0.25, 0.3) is 0 Å². The molecule has 3 N–H and O–H groups in total. The fraction of sp³-hybridized carbons (Fsp3) is 0.588. The lowest BCUT2D eigenvalue weighted by Crippen LogP contribution is -2.42. The molecule has 1 aliphatic carbocycles. The summed E-state index contributed by atoms with van der Waals surface area (Å²) in [6.07, 6.45) is -1.75. The minimum Gasteiger partial charge on any atom is -0.491 e. The monoisotopic (exact) mass is 380 g/mol. The van der Waals surface area contributed by atoms with Crippen molar-refractivity contribution in [2.45, 2.75) is 38.4 Å². The Morgan fingerprint density at radius 1 is 1.36 bits per heavy atom. The fourth-order valence-electron chi connectivity index (χ4n) is 3.10. The highest BCUT2D eigenvalue weighted by Gasteiger charge is 2.34. The summed E-state index contributed by atoms with van der Waals surface area (Å²) in [5.41, 5.74) is 4.86. The maximum absolute atomic E-state index is 12.9. The molecule has 0 bridgehead atoms. The Bertz CT molecular complexity index is 569. The van der Waals surface area contributed by atoms with E-state index in [0.29, 0.717) is 6.54 Å². The first-order valence-corrected chi connectivity index (χ1v) is 8.12. The van der Waals surface area contributed by atoms with E-state index in [0.717, 1.165) is 25.3 Å². The Morgan fingerprint density at radius 3 is 2.68 bits per heavy atom. The van der Waals surface area contributed by atoms with E-state index in [1.165, 1.54) is 18.2 Å². The summed E-state index contributed by atoms with van der Waals surface area (Å²) in [6, 6.07) is 4.66. The SMILES string of the molecule is CC(COc1ccccc1C(F)(F)F)NC(=O)[C@@H]1CCC[C@@H]1CN.Cl. The van der Waals surface area contributed by atoms with E-state index in [1.54, 1.807) is 6.92 Å². The molecule has 142 valence electrons. The molecule has 0 saturated heterocycles. The van der Waals surface area contributed by atoms with Gasteiger partial charge in [-0.15, -0.1) is 12.4 Å². The van der Waals surface area contributed by atoms with E-state index < -0.39 is 17.8 Å². The van der Waals surface area contributed by atoms with Crippen molar-refractivity contribution in [1.29, 1.82) is 0 Å². The molecule has 0 spiro atoms. The summed E-state index contributed by atoms with van der Waals surface area (Å²) in [6.45, 7) is 2.15. The van der Waals surface area contributed by atoms with Gasteiger partial charge >= 0.3 is 6.18 Å². The Hall–Kier alpha value is -1.47. The number of amides is 1. The second-order valence-corrected chi connectivity index (χ2v) is 6.25. The first-order chi connectivity index (χ1) is 11.3. The van der Waals surface area contributed by atoms with E-state index in [4.69, 9.17) is 10.5 Å². The summed E-state index contributed by atoms with van der Waals surface area (Å²) in [4.78, 5) is 12.3. The van der Waals surface area contributed by atoms with Crippen LogP contribution < -0.4 is 15.8 Å². The number of halogens is 4. The average Bonchev–Trinajstić information content (AvgIpc) is 3.01. The number of hydrogen-bond acceptors (Lipinski definition) is 3. The standard InChI is InChI=1S/C17H23F3N2O2.ClH/c1-11(22-16(23)13-6-4-5-12(13)9-21)10-24-15-8-3-2-7-14(15)17(18,19)20;/h2-3,7-8,11-13H,4-6,9-10,21H2,1H3,(H,22,23);1H/t11?,12-,13-;/m1./s1. The second kappa shape index (κ2) is 9.29. The number of para-hydroxylation sites is 1. The van der Waals surface area contributed by atoms with Gasteiger partial charge in [0.2, 0.25) is 5.91 Å². The molecule has 3 atom stereocenters. The minimum atomic E-state index is -4.47. The van der Waals surface area contributed by atoms with Gasteiger partial charge in [0.1, 0.15) is 12.4 Å². The molecule has 0 aliphatic heterocycles. The van der Waals surface area contributed by atoms with Crippen LogP contribution in [0.15, 0.2) is 24.3 Å². The van der Waals surface area contributed by atoms with Gasteiger partial charge in [-0.25, -0.2) is 0 Å². The maximum Gasteiger partial charge on any atom is 0.419 e. The van der Waals surface area contributed by atoms with E-state index in [9.17, 15) is 18.0 Å². The van der Waals surface area contributed by atoms with Crippen LogP contribution in [-0.2, 0) is 11.0 Å². The zero-order valence-corrected chi connectivity index (χ0v) is 14.8. The first-order valence-electron chi connectivity index (χ1n) is 8.12. The molecular weight excluding hydrogens is 357 g/mol. The Morgan fingerprint density at radius 2 is 2.04 bits per heavy atom. The van der Waals surface area contributed by atoms with Gasteiger partial charge in [0, 0.05) is 5.92 Å². The molecule has 2 rings (SSSR count). The van der Waals surface area contributed by atoms with Crippen LogP contribution in [0.25, 0.3) is 0 Å². The number of hydrogen-bond donors (Lipinski definition) is 2. The topological polar surface area (TPSA) is 64.3 Å². The third-order valence-corrected chi connectivity index (χ3v) is 4.37. The number of carbonyl (C=O) groups is 1. The average molecular weight is 381 g/mol. The highest BCUT2D eigenvalue weighted by Crippen LogP contribution is 2.36. The summed E-state index contributed by atoms with van der Waals surface area (Å²) in [5.74, 6) is -0.251. The molecule has 1 fully saturated rings. The molecular formula is C17H24ClF3N2O2. The van der Waals surface area contributed by atoms with Crippen LogP contribution in [0.3, 0.4) is 0 Å². The molecule has 0 aromatic heterocycles.